The van der Waals surface area contributed by atoms with Gasteiger partial charge < -0.3 is 0 Å². The van der Waals surface area contributed by atoms with Crippen LogP contribution in [0.1, 0.15) is 17.1 Å². The summed E-state index contributed by atoms with van der Waals surface area (Å²) in [6.07, 6.45) is 0. The van der Waals surface area contributed by atoms with E-state index in [1.165, 1.54) is 16.3 Å². The van der Waals surface area contributed by atoms with Gasteiger partial charge in [-0.25, -0.2) is 9.50 Å². The second kappa shape index (κ2) is 4.67. The third-order valence-electron chi connectivity index (χ3n) is 4.11. The summed E-state index contributed by atoms with van der Waals surface area (Å²) in [5, 5.41) is 7.15. The van der Waals surface area contributed by atoms with E-state index in [1.54, 1.807) is 0 Å². The van der Waals surface area contributed by atoms with Crippen LogP contribution in [0.15, 0.2) is 48.5 Å². The van der Waals surface area contributed by atoms with Gasteiger partial charge in [0.1, 0.15) is 0 Å². The van der Waals surface area contributed by atoms with E-state index in [2.05, 4.69) is 60.6 Å². The number of fused-ring (bicyclic) bond motifs is 2. The molecule has 0 radical (unpaired) electrons. The molecule has 3 heteroatoms. The summed E-state index contributed by atoms with van der Waals surface area (Å²) >= 11 is 0. The highest BCUT2D eigenvalue weighted by molar-refractivity contribution is 5.90. The molecule has 22 heavy (non-hydrogen) atoms. The molecule has 0 bridgehead atoms. The van der Waals surface area contributed by atoms with Crippen molar-refractivity contribution in [1.29, 1.82) is 0 Å². The summed E-state index contributed by atoms with van der Waals surface area (Å²) in [5.41, 5.74) is 6.37. The third kappa shape index (κ3) is 1.90. The number of benzene rings is 2. The molecular formula is C19H17N3. The summed E-state index contributed by atoms with van der Waals surface area (Å²) in [7, 11) is 0. The highest BCUT2D eigenvalue weighted by atomic mass is 15.3. The second-order valence-corrected chi connectivity index (χ2v) is 5.80. The molecular weight excluding hydrogens is 270 g/mol. The van der Waals surface area contributed by atoms with E-state index >= 15 is 0 Å². The Hall–Kier alpha value is -2.68. The largest absolute Gasteiger partial charge is 0.233 e. The Morgan fingerprint density at radius 2 is 1.64 bits per heavy atom. The molecule has 0 aliphatic carbocycles. The topological polar surface area (TPSA) is 30.2 Å². The first-order valence-electron chi connectivity index (χ1n) is 7.46. The molecule has 0 saturated carbocycles. The summed E-state index contributed by atoms with van der Waals surface area (Å²) < 4.78 is 1.94. The smallest absolute Gasteiger partial charge is 0.163 e. The van der Waals surface area contributed by atoms with Crippen molar-refractivity contribution in [2.45, 2.75) is 20.8 Å². The zero-order chi connectivity index (χ0) is 15.3. The Morgan fingerprint density at radius 1 is 0.864 bits per heavy atom. The lowest BCUT2D eigenvalue weighted by Crippen LogP contribution is -1.97. The van der Waals surface area contributed by atoms with E-state index in [1.807, 2.05) is 18.4 Å². The fourth-order valence-electron chi connectivity index (χ4n) is 3.11. The molecule has 0 amide bonds. The summed E-state index contributed by atoms with van der Waals surface area (Å²) in [6.45, 7) is 6.14. The van der Waals surface area contributed by atoms with Crippen molar-refractivity contribution in [3.05, 3.63) is 65.6 Å². The lowest BCUT2D eigenvalue weighted by Gasteiger charge is -2.05. The summed E-state index contributed by atoms with van der Waals surface area (Å²) in [4.78, 5) is 4.71. The fraction of sp³-hybridized carbons (Fsp3) is 0.158. The number of aryl methyl sites for hydroxylation is 3. The van der Waals surface area contributed by atoms with Gasteiger partial charge in [-0.1, -0.05) is 36.4 Å². The van der Waals surface area contributed by atoms with Gasteiger partial charge in [0, 0.05) is 17.0 Å². The van der Waals surface area contributed by atoms with Crippen LogP contribution in [0.3, 0.4) is 0 Å². The minimum Gasteiger partial charge on any atom is -0.233 e. The fourth-order valence-corrected chi connectivity index (χ4v) is 3.11. The molecule has 0 spiro atoms. The first-order chi connectivity index (χ1) is 10.6. The molecule has 4 rings (SSSR count). The van der Waals surface area contributed by atoms with E-state index in [-0.39, 0.29) is 0 Å². The van der Waals surface area contributed by atoms with Crippen molar-refractivity contribution in [3.63, 3.8) is 0 Å². The van der Waals surface area contributed by atoms with Gasteiger partial charge in [-0.3, -0.25) is 0 Å². The van der Waals surface area contributed by atoms with Crippen LogP contribution < -0.4 is 0 Å². The highest BCUT2D eigenvalue weighted by Gasteiger charge is 2.14. The van der Waals surface area contributed by atoms with Crippen LogP contribution in [0.5, 0.6) is 0 Å². The van der Waals surface area contributed by atoms with Gasteiger partial charge in [0.15, 0.2) is 5.65 Å². The molecule has 2 aromatic heterocycles. The Bertz CT molecular complexity index is 1010. The van der Waals surface area contributed by atoms with Crippen molar-refractivity contribution in [1.82, 2.24) is 14.6 Å². The van der Waals surface area contributed by atoms with Crippen molar-refractivity contribution in [3.8, 4) is 11.1 Å². The van der Waals surface area contributed by atoms with Crippen LogP contribution in [0.4, 0.5) is 0 Å². The summed E-state index contributed by atoms with van der Waals surface area (Å²) in [6, 6.07) is 17.0. The van der Waals surface area contributed by atoms with Gasteiger partial charge in [0.2, 0.25) is 0 Å². The zero-order valence-electron chi connectivity index (χ0n) is 13.0. The molecule has 0 aliphatic rings. The Morgan fingerprint density at radius 3 is 2.45 bits per heavy atom. The van der Waals surface area contributed by atoms with Crippen LogP contribution in [0, 0.1) is 20.8 Å². The van der Waals surface area contributed by atoms with Crippen LogP contribution in [0.2, 0.25) is 0 Å². The predicted molar refractivity (Wildman–Crippen MR) is 90.1 cm³/mol. The van der Waals surface area contributed by atoms with E-state index in [9.17, 15) is 0 Å². The van der Waals surface area contributed by atoms with Crippen LogP contribution in [-0.4, -0.2) is 14.6 Å². The quantitative estimate of drug-likeness (QED) is 0.517. The van der Waals surface area contributed by atoms with Crippen molar-refractivity contribution in [2.75, 3.05) is 0 Å². The maximum Gasteiger partial charge on any atom is 0.163 e. The van der Waals surface area contributed by atoms with Crippen LogP contribution >= 0.6 is 0 Å². The molecule has 0 aliphatic heterocycles. The third-order valence-corrected chi connectivity index (χ3v) is 4.11. The average molecular weight is 287 g/mol. The summed E-state index contributed by atoms with van der Waals surface area (Å²) in [5.74, 6) is 0. The van der Waals surface area contributed by atoms with E-state index < -0.39 is 0 Å². The van der Waals surface area contributed by atoms with Gasteiger partial charge in [-0.2, -0.15) is 5.10 Å². The predicted octanol–water partition coefficient (Wildman–Crippen LogP) is 4.47. The molecule has 0 fully saturated rings. The maximum atomic E-state index is 4.71. The molecule has 0 atom stereocenters. The van der Waals surface area contributed by atoms with Gasteiger partial charge in [0.05, 0.1) is 5.69 Å². The van der Waals surface area contributed by atoms with Gasteiger partial charge in [-0.05, 0) is 49.2 Å². The number of hydrogen-bond donors (Lipinski definition) is 0. The number of hydrogen-bond acceptors (Lipinski definition) is 2. The van der Waals surface area contributed by atoms with Gasteiger partial charge in [0.25, 0.3) is 0 Å². The van der Waals surface area contributed by atoms with E-state index in [0.29, 0.717) is 0 Å². The zero-order valence-corrected chi connectivity index (χ0v) is 13.0. The first kappa shape index (κ1) is 13.0. The molecule has 2 aromatic carbocycles. The number of rotatable bonds is 1. The molecule has 2 heterocycles. The van der Waals surface area contributed by atoms with Crippen molar-refractivity contribution in [2.24, 2.45) is 0 Å². The van der Waals surface area contributed by atoms with Gasteiger partial charge >= 0.3 is 0 Å². The first-order valence-corrected chi connectivity index (χ1v) is 7.46. The number of nitrogens with zero attached hydrogens (tertiary/aromatic N) is 3. The molecule has 108 valence electrons. The minimum atomic E-state index is 0.935. The van der Waals surface area contributed by atoms with Crippen LogP contribution in [0.25, 0.3) is 27.5 Å². The van der Waals surface area contributed by atoms with E-state index in [0.717, 1.165) is 28.3 Å². The monoisotopic (exact) mass is 287 g/mol. The standard InChI is InChI=1S/C19H17N3/c1-12-10-13(2)22-19(20-12)18(14(3)21-22)17-9-8-15-6-4-5-7-16(15)11-17/h4-11H,1-3H3. The molecule has 0 unspecified atom stereocenters. The molecule has 0 N–H and O–H groups in total. The lowest BCUT2D eigenvalue weighted by atomic mass is 10.0. The SMILES string of the molecule is Cc1cc(C)n2nc(C)c(-c3ccc4ccccc4c3)c2n1. The normalized spacial score (nSPS) is 11.4. The molecule has 4 aromatic rings. The lowest BCUT2D eigenvalue weighted by molar-refractivity contribution is 0.870. The second-order valence-electron chi connectivity index (χ2n) is 5.80. The van der Waals surface area contributed by atoms with E-state index in [4.69, 9.17) is 4.98 Å². The van der Waals surface area contributed by atoms with Crippen molar-refractivity contribution < 1.29 is 0 Å². The molecule has 0 saturated heterocycles. The Balaban J connectivity index is 2.05. The Kier molecular flexibility index (Phi) is 2.76. The Labute approximate surface area is 129 Å². The number of aromatic nitrogens is 3. The minimum absolute atomic E-state index is 0.935. The van der Waals surface area contributed by atoms with Crippen molar-refractivity contribution >= 4 is 16.4 Å². The maximum absolute atomic E-state index is 4.71. The molecule has 3 nitrogen and oxygen atoms in total. The van der Waals surface area contributed by atoms with Crippen LogP contribution in [-0.2, 0) is 0 Å². The highest BCUT2D eigenvalue weighted by Crippen LogP contribution is 2.30. The average Bonchev–Trinajstić information content (AvgIpc) is 2.83. The van der Waals surface area contributed by atoms with Gasteiger partial charge in [-0.15, -0.1) is 0 Å².